The molecule has 1 aromatic heterocycles. The van der Waals surface area contributed by atoms with Crippen molar-refractivity contribution in [3.8, 4) is 0 Å². The Bertz CT molecular complexity index is 840. The fourth-order valence-corrected chi connectivity index (χ4v) is 3.89. The van der Waals surface area contributed by atoms with Crippen molar-refractivity contribution in [3.05, 3.63) is 46.8 Å². The van der Waals surface area contributed by atoms with Gasteiger partial charge in [-0.2, -0.15) is 0 Å². The van der Waals surface area contributed by atoms with Gasteiger partial charge < -0.3 is 10.3 Å². The maximum Gasteiger partial charge on any atom is 0.256 e. The Morgan fingerprint density at radius 1 is 1.17 bits per heavy atom. The summed E-state index contributed by atoms with van der Waals surface area (Å²) in [5.41, 5.74) is 5.88. The molecule has 0 bridgehead atoms. The molecule has 0 spiro atoms. The summed E-state index contributed by atoms with van der Waals surface area (Å²) < 4.78 is 11.7. The number of nitrogens with one attached hydrogen (secondary N) is 2. The molecule has 2 aromatic rings. The van der Waals surface area contributed by atoms with Crippen molar-refractivity contribution in [2.24, 2.45) is 0 Å². The average molecular weight is 326 g/mol. The number of aryl methyl sites for hydroxylation is 2. The fourth-order valence-electron chi connectivity index (χ4n) is 3.35. The zero-order valence-corrected chi connectivity index (χ0v) is 13.8. The van der Waals surface area contributed by atoms with Crippen molar-refractivity contribution in [2.45, 2.75) is 30.6 Å². The molecule has 0 saturated carbocycles. The van der Waals surface area contributed by atoms with E-state index >= 15 is 0 Å². The van der Waals surface area contributed by atoms with E-state index in [4.69, 9.17) is 0 Å². The number of aromatic amines is 1. The van der Waals surface area contributed by atoms with Crippen LogP contribution in [0.15, 0.2) is 29.2 Å². The van der Waals surface area contributed by atoms with Gasteiger partial charge in [0.05, 0.1) is 5.57 Å². The van der Waals surface area contributed by atoms with Crippen LogP contribution in [0, 0.1) is 0 Å². The summed E-state index contributed by atoms with van der Waals surface area (Å²) in [5.74, 6) is -0.105. The van der Waals surface area contributed by atoms with Crippen LogP contribution in [0.5, 0.6) is 0 Å². The molecule has 2 aliphatic rings. The number of H-pyrrole nitrogens is 1. The Labute approximate surface area is 137 Å². The lowest BCUT2D eigenvalue weighted by molar-refractivity contribution is -0.110. The highest BCUT2D eigenvalue weighted by Gasteiger charge is 2.25. The van der Waals surface area contributed by atoms with E-state index in [0.717, 1.165) is 34.7 Å². The van der Waals surface area contributed by atoms with Gasteiger partial charge in [0.1, 0.15) is 0 Å². The summed E-state index contributed by atoms with van der Waals surface area (Å²) in [6.07, 6.45) is 8.20. The predicted molar refractivity (Wildman–Crippen MR) is 92.7 cm³/mol. The van der Waals surface area contributed by atoms with Crippen LogP contribution < -0.4 is 5.32 Å². The van der Waals surface area contributed by atoms with Crippen molar-refractivity contribution in [1.82, 2.24) is 4.98 Å². The van der Waals surface area contributed by atoms with Gasteiger partial charge in [-0.1, -0.05) is 0 Å². The standard InChI is InChI=1S/C18H18N2O2S/c1-23(22)13-6-7-17-14(10-13)15(18(21)20-17)9-12-8-11-4-2-3-5-16(11)19-12/h6-10,19H,2-5H2,1H3,(H,20,21). The Balaban J connectivity index is 1.77. The third-order valence-corrected chi connectivity index (χ3v) is 5.46. The molecule has 2 heterocycles. The van der Waals surface area contributed by atoms with Crippen molar-refractivity contribution in [3.63, 3.8) is 0 Å². The first-order valence-corrected chi connectivity index (χ1v) is 9.39. The number of fused-ring (bicyclic) bond motifs is 2. The molecule has 1 aliphatic heterocycles. The highest BCUT2D eigenvalue weighted by molar-refractivity contribution is 7.84. The van der Waals surface area contributed by atoms with Crippen molar-refractivity contribution < 1.29 is 9.00 Å². The van der Waals surface area contributed by atoms with Crippen LogP contribution in [0.2, 0.25) is 0 Å². The Kier molecular flexibility index (Phi) is 3.45. The van der Waals surface area contributed by atoms with Gasteiger partial charge in [0.2, 0.25) is 0 Å². The lowest BCUT2D eigenvalue weighted by Crippen LogP contribution is -2.03. The lowest BCUT2D eigenvalue weighted by Gasteiger charge is -2.08. The van der Waals surface area contributed by atoms with Crippen molar-refractivity contribution in [1.29, 1.82) is 0 Å². The van der Waals surface area contributed by atoms with Gasteiger partial charge >= 0.3 is 0 Å². The quantitative estimate of drug-likeness (QED) is 0.833. The third-order valence-electron chi connectivity index (χ3n) is 4.54. The highest BCUT2D eigenvalue weighted by atomic mass is 32.2. The SMILES string of the molecule is CS(=O)c1ccc2c(c1)C(=Cc1cc3c([nH]1)CCCC3)C(=O)N2. The van der Waals surface area contributed by atoms with E-state index in [1.54, 1.807) is 12.3 Å². The van der Waals surface area contributed by atoms with Gasteiger partial charge in [-0.05, 0) is 61.6 Å². The van der Waals surface area contributed by atoms with Crippen LogP contribution in [0.3, 0.4) is 0 Å². The number of anilines is 1. The molecule has 5 heteroatoms. The number of benzene rings is 1. The monoisotopic (exact) mass is 326 g/mol. The second kappa shape index (κ2) is 5.49. The summed E-state index contributed by atoms with van der Waals surface area (Å²) in [7, 11) is -1.06. The molecule has 4 nitrogen and oxygen atoms in total. The van der Waals surface area contributed by atoms with E-state index in [0.29, 0.717) is 5.57 Å². The van der Waals surface area contributed by atoms with Crippen LogP contribution in [0.4, 0.5) is 5.69 Å². The highest BCUT2D eigenvalue weighted by Crippen LogP contribution is 2.35. The second-order valence-corrected chi connectivity index (χ2v) is 7.49. The maximum absolute atomic E-state index is 12.3. The summed E-state index contributed by atoms with van der Waals surface area (Å²) in [6.45, 7) is 0. The molecule has 1 aliphatic carbocycles. The lowest BCUT2D eigenvalue weighted by atomic mass is 9.98. The van der Waals surface area contributed by atoms with Crippen LogP contribution in [-0.2, 0) is 28.4 Å². The molecule has 1 unspecified atom stereocenters. The van der Waals surface area contributed by atoms with Crippen LogP contribution >= 0.6 is 0 Å². The topological polar surface area (TPSA) is 62.0 Å². The third kappa shape index (κ3) is 2.55. The number of amides is 1. The summed E-state index contributed by atoms with van der Waals surface area (Å²) in [6, 6.07) is 7.61. The van der Waals surface area contributed by atoms with Crippen LogP contribution in [0.25, 0.3) is 11.6 Å². The number of rotatable bonds is 2. The first kappa shape index (κ1) is 14.5. The molecule has 1 aromatic carbocycles. The molecular weight excluding hydrogens is 308 g/mol. The molecule has 1 atom stereocenters. The second-order valence-electron chi connectivity index (χ2n) is 6.11. The molecule has 4 rings (SSSR count). The maximum atomic E-state index is 12.3. The molecule has 1 amide bonds. The molecule has 118 valence electrons. The van der Waals surface area contributed by atoms with Gasteiger partial charge in [0.25, 0.3) is 5.91 Å². The largest absolute Gasteiger partial charge is 0.359 e. The zero-order valence-electron chi connectivity index (χ0n) is 12.9. The molecule has 0 saturated heterocycles. The van der Waals surface area contributed by atoms with Gasteiger partial charge in [0, 0.05) is 44.6 Å². The van der Waals surface area contributed by atoms with Crippen molar-refractivity contribution >= 4 is 34.0 Å². The van der Waals surface area contributed by atoms with Crippen LogP contribution in [0.1, 0.15) is 35.4 Å². The Hall–Kier alpha value is -2.14. The number of hydrogen-bond acceptors (Lipinski definition) is 2. The van der Waals surface area contributed by atoms with E-state index in [1.807, 2.05) is 18.2 Å². The predicted octanol–water partition coefficient (Wildman–Crippen LogP) is 3.12. The summed E-state index contributed by atoms with van der Waals surface area (Å²) in [5, 5.41) is 2.88. The van der Waals surface area contributed by atoms with E-state index < -0.39 is 10.8 Å². The molecular formula is C18H18N2O2S. The zero-order chi connectivity index (χ0) is 16.0. The van der Waals surface area contributed by atoms with Crippen LogP contribution in [-0.4, -0.2) is 21.4 Å². The fraction of sp³-hybridized carbons (Fsp3) is 0.278. The first-order valence-electron chi connectivity index (χ1n) is 7.83. The minimum atomic E-state index is -1.06. The van der Waals surface area contributed by atoms with E-state index in [-0.39, 0.29) is 5.91 Å². The van der Waals surface area contributed by atoms with Gasteiger partial charge in [-0.15, -0.1) is 0 Å². The number of aromatic nitrogens is 1. The molecule has 2 N–H and O–H groups in total. The smallest absolute Gasteiger partial charge is 0.256 e. The molecule has 0 radical (unpaired) electrons. The van der Waals surface area contributed by atoms with Crippen molar-refractivity contribution in [2.75, 3.05) is 11.6 Å². The van der Waals surface area contributed by atoms with Gasteiger partial charge in [-0.3, -0.25) is 9.00 Å². The minimum absolute atomic E-state index is 0.105. The number of carbonyl (C=O) groups excluding carboxylic acids is 1. The summed E-state index contributed by atoms with van der Waals surface area (Å²) in [4.78, 5) is 16.5. The van der Waals surface area contributed by atoms with E-state index in [1.165, 1.54) is 24.1 Å². The summed E-state index contributed by atoms with van der Waals surface area (Å²) >= 11 is 0. The minimum Gasteiger partial charge on any atom is -0.359 e. The van der Waals surface area contributed by atoms with Gasteiger partial charge in [0.15, 0.2) is 0 Å². The normalized spacial score (nSPS) is 19.3. The molecule has 23 heavy (non-hydrogen) atoms. The van der Waals surface area contributed by atoms with Gasteiger partial charge in [-0.25, -0.2) is 0 Å². The Morgan fingerprint density at radius 2 is 2.00 bits per heavy atom. The molecule has 0 fully saturated rings. The average Bonchev–Trinajstić information content (AvgIpc) is 3.08. The number of carbonyl (C=O) groups is 1. The Morgan fingerprint density at radius 3 is 2.78 bits per heavy atom. The van der Waals surface area contributed by atoms with E-state index in [9.17, 15) is 9.00 Å². The van der Waals surface area contributed by atoms with E-state index in [2.05, 4.69) is 16.4 Å². The first-order chi connectivity index (χ1) is 11.1. The number of hydrogen-bond donors (Lipinski definition) is 2.